The van der Waals surface area contributed by atoms with E-state index in [1.54, 1.807) is 18.2 Å². The van der Waals surface area contributed by atoms with Crippen molar-refractivity contribution >= 4 is 17.2 Å². The molecule has 2 aromatic heterocycles. The molecular formula is C19H25N5O3. The fourth-order valence-electron chi connectivity index (χ4n) is 4.33. The zero-order valence-corrected chi connectivity index (χ0v) is 15.4. The van der Waals surface area contributed by atoms with Crippen molar-refractivity contribution in [2.75, 3.05) is 37.6 Å². The number of anilines is 1. The van der Waals surface area contributed by atoms with Crippen LogP contribution >= 0.6 is 0 Å². The molecule has 0 radical (unpaired) electrons. The number of fused-ring (bicyclic) bond motifs is 1. The van der Waals surface area contributed by atoms with Gasteiger partial charge >= 0.3 is 11.2 Å². The summed E-state index contributed by atoms with van der Waals surface area (Å²) in [6, 6.07) is 5.15. The second-order valence-corrected chi connectivity index (χ2v) is 7.57. The van der Waals surface area contributed by atoms with Crippen LogP contribution in [0.15, 0.2) is 29.2 Å². The number of hydrogen-bond acceptors (Lipinski definition) is 6. The molecule has 0 amide bonds. The highest BCUT2D eigenvalue weighted by molar-refractivity contribution is 5.61. The Morgan fingerprint density at radius 3 is 2.56 bits per heavy atom. The predicted octanol–water partition coefficient (Wildman–Crippen LogP) is 2.31. The molecule has 0 bridgehead atoms. The third kappa shape index (κ3) is 3.66. The Morgan fingerprint density at radius 2 is 1.85 bits per heavy atom. The van der Waals surface area contributed by atoms with E-state index in [4.69, 9.17) is 0 Å². The van der Waals surface area contributed by atoms with Gasteiger partial charge in [0.25, 0.3) is 0 Å². The van der Waals surface area contributed by atoms with E-state index in [0.29, 0.717) is 18.7 Å². The maximum absolute atomic E-state index is 12.6. The van der Waals surface area contributed by atoms with Crippen molar-refractivity contribution in [2.45, 2.75) is 32.1 Å². The smallest absolute Gasteiger partial charge is 0.348 e. The molecule has 8 nitrogen and oxygen atoms in total. The number of aromatic nitrogens is 2. The Hall–Kier alpha value is -2.48. The summed E-state index contributed by atoms with van der Waals surface area (Å²) in [6.45, 7) is 4.13. The van der Waals surface area contributed by atoms with Crippen LogP contribution < -0.4 is 10.5 Å². The van der Waals surface area contributed by atoms with Crippen LogP contribution in [0.3, 0.4) is 0 Å². The first-order valence-electron chi connectivity index (χ1n) is 9.76. The zero-order valence-electron chi connectivity index (χ0n) is 15.4. The van der Waals surface area contributed by atoms with Gasteiger partial charge in [0.2, 0.25) is 5.82 Å². The van der Waals surface area contributed by atoms with Crippen LogP contribution in [0.4, 0.5) is 11.5 Å². The van der Waals surface area contributed by atoms with Gasteiger partial charge in [-0.05, 0) is 30.9 Å². The number of piperazine rings is 1. The number of nitrogens with zero attached hydrogens (tertiary/aromatic N) is 5. The van der Waals surface area contributed by atoms with Crippen LogP contribution in [0.2, 0.25) is 0 Å². The van der Waals surface area contributed by atoms with Crippen molar-refractivity contribution in [1.82, 2.24) is 14.3 Å². The summed E-state index contributed by atoms with van der Waals surface area (Å²) in [4.78, 5) is 32.4. The largest absolute Gasteiger partial charge is 0.376 e. The lowest BCUT2D eigenvalue weighted by Crippen LogP contribution is -2.48. The molecule has 1 saturated carbocycles. The Bertz CT molecular complexity index is 883. The van der Waals surface area contributed by atoms with Crippen molar-refractivity contribution in [3.63, 3.8) is 0 Å². The highest BCUT2D eigenvalue weighted by Crippen LogP contribution is 2.27. The van der Waals surface area contributed by atoms with E-state index in [-0.39, 0.29) is 5.82 Å². The molecule has 0 unspecified atom stereocenters. The summed E-state index contributed by atoms with van der Waals surface area (Å²) >= 11 is 0. The molecular weight excluding hydrogens is 346 g/mol. The van der Waals surface area contributed by atoms with Crippen LogP contribution in [0.25, 0.3) is 5.65 Å². The van der Waals surface area contributed by atoms with Crippen molar-refractivity contribution in [3.05, 3.63) is 44.9 Å². The third-order valence-electron chi connectivity index (χ3n) is 5.79. The summed E-state index contributed by atoms with van der Waals surface area (Å²) in [5.41, 5.74) is -0.614. The number of nitro groups is 1. The predicted molar refractivity (Wildman–Crippen MR) is 103 cm³/mol. The van der Waals surface area contributed by atoms with Crippen molar-refractivity contribution < 1.29 is 4.92 Å². The SMILES string of the molecule is O=c1c([N+](=O)[O-])c(N2CCN(CC3CCCCC3)CC2)nc2ccccn12. The van der Waals surface area contributed by atoms with Crippen LogP contribution in [-0.4, -0.2) is 51.9 Å². The quantitative estimate of drug-likeness (QED) is 0.606. The van der Waals surface area contributed by atoms with Gasteiger partial charge in [-0.2, -0.15) is 0 Å². The molecule has 2 fully saturated rings. The first kappa shape index (κ1) is 17.9. The van der Waals surface area contributed by atoms with Gasteiger partial charge in [0.15, 0.2) is 0 Å². The van der Waals surface area contributed by atoms with E-state index in [0.717, 1.165) is 25.6 Å². The van der Waals surface area contributed by atoms with Crippen molar-refractivity contribution in [3.8, 4) is 0 Å². The average Bonchev–Trinajstić information content (AvgIpc) is 2.69. The normalized spacial score (nSPS) is 19.5. The molecule has 1 aliphatic heterocycles. The monoisotopic (exact) mass is 371 g/mol. The Labute approximate surface area is 157 Å². The summed E-state index contributed by atoms with van der Waals surface area (Å²) in [5, 5.41) is 11.6. The third-order valence-corrected chi connectivity index (χ3v) is 5.79. The minimum Gasteiger partial charge on any atom is -0.348 e. The molecule has 27 heavy (non-hydrogen) atoms. The minimum absolute atomic E-state index is 0.202. The number of rotatable bonds is 4. The molecule has 0 N–H and O–H groups in total. The molecule has 2 aromatic rings. The Kier molecular flexibility index (Phi) is 5.07. The second kappa shape index (κ2) is 7.64. The zero-order chi connectivity index (χ0) is 18.8. The molecule has 2 aliphatic rings. The maximum Gasteiger partial charge on any atom is 0.376 e. The van der Waals surface area contributed by atoms with Gasteiger partial charge in [0, 0.05) is 38.9 Å². The van der Waals surface area contributed by atoms with Crippen molar-refractivity contribution in [1.29, 1.82) is 0 Å². The van der Waals surface area contributed by atoms with Gasteiger partial charge in [0.05, 0.1) is 4.92 Å². The lowest BCUT2D eigenvalue weighted by Gasteiger charge is -2.37. The molecule has 0 atom stereocenters. The van der Waals surface area contributed by atoms with Gasteiger partial charge in [-0.15, -0.1) is 0 Å². The molecule has 0 aromatic carbocycles. The fraction of sp³-hybridized carbons (Fsp3) is 0.579. The highest BCUT2D eigenvalue weighted by Gasteiger charge is 2.30. The molecule has 4 rings (SSSR count). The molecule has 144 valence electrons. The summed E-state index contributed by atoms with van der Waals surface area (Å²) < 4.78 is 1.24. The van der Waals surface area contributed by atoms with Crippen molar-refractivity contribution in [2.24, 2.45) is 5.92 Å². The van der Waals surface area contributed by atoms with Crippen LogP contribution in [0, 0.1) is 16.0 Å². The fourth-order valence-corrected chi connectivity index (χ4v) is 4.33. The standard InChI is InChI=1S/C19H25N5O3/c25-19-17(24(26)27)18(20-16-8-4-5-9-23(16)19)22-12-10-21(11-13-22)14-15-6-2-1-3-7-15/h4-5,8-9,15H,1-3,6-7,10-14H2. The first-order chi connectivity index (χ1) is 13.1. The van der Waals surface area contributed by atoms with E-state index in [9.17, 15) is 14.9 Å². The number of pyridine rings is 1. The van der Waals surface area contributed by atoms with Crippen LogP contribution in [0.1, 0.15) is 32.1 Å². The van der Waals surface area contributed by atoms with E-state index < -0.39 is 16.2 Å². The Balaban J connectivity index is 1.54. The molecule has 0 spiro atoms. The molecule has 1 aliphatic carbocycles. The second-order valence-electron chi connectivity index (χ2n) is 7.57. The van der Waals surface area contributed by atoms with E-state index in [1.807, 2.05) is 4.90 Å². The lowest BCUT2D eigenvalue weighted by atomic mass is 9.89. The van der Waals surface area contributed by atoms with E-state index in [1.165, 1.54) is 42.7 Å². The van der Waals surface area contributed by atoms with Gasteiger partial charge in [-0.3, -0.25) is 24.2 Å². The first-order valence-corrected chi connectivity index (χ1v) is 9.76. The summed E-state index contributed by atoms with van der Waals surface area (Å²) in [7, 11) is 0. The molecule has 8 heteroatoms. The van der Waals surface area contributed by atoms with Gasteiger partial charge in [0.1, 0.15) is 5.65 Å². The van der Waals surface area contributed by atoms with Gasteiger partial charge < -0.3 is 4.90 Å². The molecule has 3 heterocycles. The number of hydrogen-bond donors (Lipinski definition) is 0. The van der Waals surface area contributed by atoms with E-state index >= 15 is 0 Å². The lowest BCUT2D eigenvalue weighted by molar-refractivity contribution is -0.385. The Morgan fingerprint density at radius 1 is 1.11 bits per heavy atom. The average molecular weight is 371 g/mol. The van der Waals surface area contributed by atoms with Crippen LogP contribution in [-0.2, 0) is 0 Å². The topological polar surface area (TPSA) is 84.0 Å². The van der Waals surface area contributed by atoms with Gasteiger partial charge in [-0.1, -0.05) is 25.3 Å². The molecule has 1 saturated heterocycles. The van der Waals surface area contributed by atoms with E-state index in [2.05, 4.69) is 9.88 Å². The highest BCUT2D eigenvalue weighted by atomic mass is 16.6. The van der Waals surface area contributed by atoms with Gasteiger partial charge in [-0.25, -0.2) is 4.98 Å². The summed E-state index contributed by atoms with van der Waals surface area (Å²) in [5.74, 6) is 0.983. The maximum atomic E-state index is 12.6. The van der Waals surface area contributed by atoms with Crippen LogP contribution in [0.5, 0.6) is 0 Å². The summed E-state index contributed by atoms with van der Waals surface area (Å²) in [6.07, 6.45) is 8.17. The minimum atomic E-state index is -0.620.